The molecule has 1 heterocycles. The monoisotopic (exact) mass is 423 g/mol. The molecule has 0 atom stereocenters. The summed E-state index contributed by atoms with van der Waals surface area (Å²) in [6.07, 6.45) is 3.58. The van der Waals surface area contributed by atoms with Crippen molar-refractivity contribution in [1.82, 2.24) is 0 Å². The van der Waals surface area contributed by atoms with Crippen LogP contribution in [0.5, 0.6) is 0 Å². The number of allylic oxidation sites excluding steroid dienone is 1. The predicted molar refractivity (Wildman–Crippen MR) is 116 cm³/mol. The lowest BCUT2D eigenvalue weighted by molar-refractivity contribution is -0.136. The van der Waals surface area contributed by atoms with E-state index in [1.165, 1.54) is 19.1 Å². The van der Waals surface area contributed by atoms with Crippen molar-refractivity contribution in [3.63, 3.8) is 0 Å². The first-order valence-electron chi connectivity index (χ1n) is 9.09. The molecule has 2 aromatic carbocycles. The van der Waals surface area contributed by atoms with Gasteiger partial charge in [0, 0.05) is 10.6 Å². The number of esters is 2. The summed E-state index contributed by atoms with van der Waals surface area (Å²) in [4.78, 5) is 39.9. The molecule has 0 N–H and O–H groups in total. The average molecular weight is 423 g/mol. The Morgan fingerprint density at radius 1 is 1.00 bits per heavy atom. The van der Waals surface area contributed by atoms with E-state index >= 15 is 0 Å². The van der Waals surface area contributed by atoms with E-state index in [9.17, 15) is 14.4 Å². The van der Waals surface area contributed by atoms with Crippen LogP contribution in [-0.4, -0.2) is 38.3 Å². The molecule has 0 saturated heterocycles. The van der Waals surface area contributed by atoms with Crippen LogP contribution < -0.4 is 4.90 Å². The molecular formula is C23H21NO5S. The van der Waals surface area contributed by atoms with Gasteiger partial charge in [0.25, 0.3) is 5.91 Å². The quantitative estimate of drug-likeness (QED) is 0.410. The van der Waals surface area contributed by atoms with Gasteiger partial charge in [0.05, 0.1) is 36.6 Å². The van der Waals surface area contributed by atoms with E-state index in [1.54, 1.807) is 49.0 Å². The second kappa shape index (κ2) is 9.00. The van der Waals surface area contributed by atoms with Gasteiger partial charge < -0.3 is 9.47 Å². The Morgan fingerprint density at radius 3 is 2.27 bits per heavy atom. The smallest absolute Gasteiger partial charge is 0.340 e. The summed E-state index contributed by atoms with van der Waals surface area (Å²) < 4.78 is 9.63. The van der Waals surface area contributed by atoms with E-state index in [0.717, 1.165) is 4.90 Å². The molecule has 0 saturated carbocycles. The summed E-state index contributed by atoms with van der Waals surface area (Å²) in [5, 5.41) is 0. The van der Waals surface area contributed by atoms with Gasteiger partial charge in [-0.05, 0) is 55.2 Å². The minimum absolute atomic E-state index is 0.217. The van der Waals surface area contributed by atoms with Gasteiger partial charge in [-0.2, -0.15) is 0 Å². The number of anilines is 1. The number of benzene rings is 2. The van der Waals surface area contributed by atoms with Crippen LogP contribution in [-0.2, 0) is 19.1 Å². The molecule has 0 aliphatic carbocycles. The van der Waals surface area contributed by atoms with Crippen LogP contribution in [0.25, 0.3) is 6.08 Å². The van der Waals surface area contributed by atoms with Gasteiger partial charge in [-0.25, -0.2) is 9.59 Å². The number of carbonyl (C=O) groups excluding carboxylic acids is 3. The number of nitrogens with zero attached hydrogens (tertiary/aromatic N) is 1. The van der Waals surface area contributed by atoms with E-state index in [-0.39, 0.29) is 17.1 Å². The lowest BCUT2D eigenvalue weighted by atomic mass is 10.0. The normalized spacial score (nSPS) is 15.0. The third-order valence-electron chi connectivity index (χ3n) is 4.74. The van der Waals surface area contributed by atoms with Gasteiger partial charge in [-0.3, -0.25) is 9.69 Å². The number of hydrogen-bond acceptors (Lipinski definition) is 6. The molecule has 0 aromatic heterocycles. The second-order valence-corrected chi connectivity index (χ2v) is 7.35. The van der Waals surface area contributed by atoms with Crippen LogP contribution >= 0.6 is 11.8 Å². The van der Waals surface area contributed by atoms with E-state index < -0.39 is 11.9 Å². The maximum absolute atomic E-state index is 13.3. The Hall–Kier alpha value is -3.32. The number of amides is 1. The lowest BCUT2D eigenvalue weighted by Gasteiger charge is -2.18. The number of thioether (sulfide) groups is 1. The van der Waals surface area contributed by atoms with E-state index in [0.29, 0.717) is 22.5 Å². The molecule has 30 heavy (non-hydrogen) atoms. The van der Waals surface area contributed by atoms with Gasteiger partial charge in [0.2, 0.25) is 0 Å². The largest absolute Gasteiger partial charge is 0.465 e. The lowest BCUT2D eigenvalue weighted by Crippen LogP contribution is -2.24. The first-order chi connectivity index (χ1) is 14.4. The van der Waals surface area contributed by atoms with Crippen molar-refractivity contribution < 1.29 is 23.9 Å². The molecule has 7 heteroatoms. The van der Waals surface area contributed by atoms with Gasteiger partial charge in [0.1, 0.15) is 0 Å². The maximum Gasteiger partial charge on any atom is 0.340 e. The van der Waals surface area contributed by atoms with Crippen LogP contribution in [0.2, 0.25) is 0 Å². The van der Waals surface area contributed by atoms with Gasteiger partial charge in [-0.1, -0.05) is 18.2 Å². The van der Waals surface area contributed by atoms with Gasteiger partial charge in [0.15, 0.2) is 0 Å². The predicted octanol–water partition coefficient (Wildman–Crippen LogP) is 4.07. The molecule has 1 aliphatic heterocycles. The molecule has 6 nitrogen and oxygen atoms in total. The molecular weight excluding hydrogens is 402 g/mol. The SMILES string of the molecule is COC(=O)C1=C(C)N(c2cccc(SC)c2)C(=O)/C1=C\c1ccc(C(=O)OC)cc1. The van der Waals surface area contributed by atoms with Crippen molar-refractivity contribution in [3.8, 4) is 0 Å². The van der Waals surface area contributed by atoms with Crippen molar-refractivity contribution in [3.05, 3.63) is 76.5 Å². The maximum atomic E-state index is 13.3. The summed E-state index contributed by atoms with van der Waals surface area (Å²) in [7, 11) is 2.60. The topological polar surface area (TPSA) is 72.9 Å². The van der Waals surface area contributed by atoms with Gasteiger partial charge in [-0.15, -0.1) is 11.8 Å². The highest BCUT2D eigenvalue weighted by atomic mass is 32.2. The zero-order valence-corrected chi connectivity index (χ0v) is 17.9. The van der Waals surface area contributed by atoms with Crippen molar-refractivity contribution in [1.29, 1.82) is 0 Å². The Bertz CT molecular complexity index is 1070. The zero-order valence-electron chi connectivity index (χ0n) is 17.1. The van der Waals surface area contributed by atoms with Crippen LogP contribution in [0.15, 0.2) is 70.3 Å². The summed E-state index contributed by atoms with van der Waals surface area (Å²) in [6.45, 7) is 1.72. The highest BCUT2D eigenvalue weighted by Gasteiger charge is 2.37. The molecule has 154 valence electrons. The number of carbonyl (C=O) groups is 3. The zero-order chi connectivity index (χ0) is 21.8. The third-order valence-corrected chi connectivity index (χ3v) is 5.47. The third kappa shape index (κ3) is 4.02. The molecule has 0 radical (unpaired) electrons. The molecule has 2 aromatic rings. The van der Waals surface area contributed by atoms with Gasteiger partial charge >= 0.3 is 11.9 Å². The highest BCUT2D eigenvalue weighted by molar-refractivity contribution is 7.98. The van der Waals surface area contributed by atoms with E-state index in [1.807, 2.05) is 30.5 Å². The highest BCUT2D eigenvalue weighted by Crippen LogP contribution is 2.36. The molecule has 0 unspecified atom stereocenters. The Balaban J connectivity index is 2.07. The van der Waals surface area contributed by atoms with Crippen LogP contribution in [0.3, 0.4) is 0 Å². The van der Waals surface area contributed by atoms with Crippen molar-refractivity contribution >= 4 is 41.4 Å². The second-order valence-electron chi connectivity index (χ2n) is 6.47. The molecule has 3 rings (SSSR count). The minimum Gasteiger partial charge on any atom is -0.465 e. The fourth-order valence-corrected chi connectivity index (χ4v) is 3.69. The van der Waals surface area contributed by atoms with Crippen molar-refractivity contribution in [2.75, 3.05) is 25.4 Å². The Kier molecular flexibility index (Phi) is 6.42. The molecule has 0 bridgehead atoms. The summed E-state index contributed by atoms with van der Waals surface area (Å²) >= 11 is 1.57. The fraction of sp³-hybridized carbons (Fsp3) is 0.174. The first kappa shape index (κ1) is 21.4. The Morgan fingerprint density at radius 2 is 1.67 bits per heavy atom. The number of hydrogen-bond donors (Lipinski definition) is 0. The summed E-state index contributed by atoms with van der Waals surface area (Å²) in [5.74, 6) is -1.35. The minimum atomic E-state index is -0.582. The Labute approximate surface area is 179 Å². The number of ether oxygens (including phenoxy) is 2. The summed E-state index contributed by atoms with van der Waals surface area (Å²) in [6, 6.07) is 14.1. The number of methoxy groups -OCH3 is 2. The van der Waals surface area contributed by atoms with Crippen LogP contribution in [0.1, 0.15) is 22.8 Å². The molecule has 1 amide bonds. The molecule has 0 spiro atoms. The van der Waals surface area contributed by atoms with Crippen molar-refractivity contribution in [2.24, 2.45) is 0 Å². The summed E-state index contributed by atoms with van der Waals surface area (Å²) in [5.41, 5.74) is 2.69. The molecule has 0 fully saturated rings. The number of rotatable bonds is 5. The average Bonchev–Trinajstić information content (AvgIpc) is 3.02. The van der Waals surface area contributed by atoms with Crippen LogP contribution in [0.4, 0.5) is 5.69 Å². The molecule has 1 aliphatic rings. The van der Waals surface area contributed by atoms with Crippen molar-refractivity contribution in [2.45, 2.75) is 11.8 Å². The van der Waals surface area contributed by atoms with E-state index in [4.69, 9.17) is 9.47 Å². The first-order valence-corrected chi connectivity index (χ1v) is 10.3. The standard InChI is InChI=1S/C23H21NO5S/c1-14-20(23(27)29-3)19(12-15-8-10-16(11-9-15)22(26)28-2)21(25)24(14)17-6-5-7-18(13-17)30-4/h5-13H,1-4H3/b19-12-. The fourth-order valence-electron chi connectivity index (χ4n) is 3.24. The van der Waals surface area contributed by atoms with E-state index in [2.05, 4.69) is 0 Å². The van der Waals surface area contributed by atoms with Crippen LogP contribution in [0, 0.1) is 0 Å².